The lowest BCUT2D eigenvalue weighted by molar-refractivity contribution is -0.769. The van der Waals surface area contributed by atoms with Crippen molar-refractivity contribution in [2.75, 3.05) is 0 Å². The van der Waals surface area contributed by atoms with E-state index in [0.29, 0.717) is 0 Å². The zero-order chi connectivity index (χ0) is 10.9. The zero-order valence-corrected chi connectivity index (χ0v) is 11.8. The van der Waals surface area contributed by atoms with Gasteiger partial charge in [-0.15, -0.1) is 0 Å². The lowest BCUT2D eigenvalue weighted by Gasteiger charge is -2.20. The molecule has 0 aliphatic rings. The number of rotatable bonds is 3. The van der Waals surface area contributed by atoms with Crippen molar-refractivity contribution < 1.29 is 33.9 Å². The summed E-state index contributed by atoms with van der Waals surface area (Å²) >= 11 is 0. The molecule has 0 aliphatic heterocycles. The van der Waals surface area contributed by atoms with Gasteiger partial charge in [-0.3, -0.25) is 4.98 Å². The Balaban J connectivity index is 0.00000128. The molecule has 2 aromatic rings. The molecule has 0 saturated carbocycles. The Morgan fingerprint density at radius 2 is 2.00 bits per heavy atom. The summed E-state index contributed by atoms with van der Waals surface area (Å²) in [5, 5.41) is 0. The van der Waals surface area contributed by atoms with Crippen LogP contribution in [0, 0.1) is 0 Å². The molecule has 4 nitrogen and oxygen atoms in total. The molecule has 2 heterocycles. The molecule has 96 valence electrons. The molecule has 0 aliphatic carbocycles. The highest BCUT2D eigenvalue weighted by Crippen LogP contribution is 2.14. The van der Waals surface area contributed by atoms with E-state index in [9.17, 15) is 0 Å². The fourth-order valence-corrected chi connectivity index (χ4v) is 1.82. The number of H-pyrrole nitrogens is 1. The van der Waals surface area contributed by atoms with Gasteiger partial charge in [0.1, 0.15) is 24.8 Å². The van der Waals surface area contributed by atoms with Crippen molar-refractivity contribution in [1.29, 1.82) is 0 Å². The smallest absolute Gasteiger partial charge is 0.249 e. The summed E-state index contributed by atoms with van der Waals surface area (Å²) in [5.41, 5.74) is -0.0404. The molecule has 2 aromatic heterocycles. The Hall–Kier alpha value is -1.00. The van der Waals surface area contributed by atoms with Crippen molar-refractivity contribution in [3.05, 3.63) is 37.4 Å². The Labute approximate surface area is 114 Å². The summed E-state index contributed by atoms with van der Waals surface area (Å²) in [6, 6.07) is 0. The average Bonchev–Trinajstić information content (AvgIpc) is 2.87. The normalized spacial score (nSPS) is 13.4. The van der Waals surface area contributed by atoms with E-state index in [-0.39, 0.29) is 30.5 Å². The van der Waals surface area contributed by atoms with Crippen LogP contribution in [0.1, 0.15) is 20.3 Å². The maximum absolute atomic E-state index is 3.09. The van der Waals surface area contributed by atoms with Crippen LogP contribution >= 0.6 is 0 Å². The predicted octanol–water partition coefficient (Wildman–Crippen LogP) is -5.43. The van der Waals surface area contributed by atoms with Gasteiger partial charge in [0.25, 0.3) is 0 Å². The molecule has 17 heavy (non-hydrogen) atoms. The van der Waals surface area contributed by atoms with Gasteiger partial charge < -0.3 is 24.8 Å². The minimum atomic E-state index is -0.0404. The van der Waals surface area contributed by atoms with Crippen molar-refractivity contribution in [2.24, 2.45) is 7.05 Å². The van der Waals surface area contributed by atoms with Crippen LogP contribution < -0.4 is 33.9 Å². The molecule has 0 fully saturated rings. The molecule has 2 rings (SSSR count). The van der Waals surface area contributed by atoms with Gasteiger partial charge in [0.2, 0.25) is 18.3 Å². The number of hydrogen-bond acceptors (Lipinski definition) is 0. The topological polar surface area (TPSA) is 28.5 Å². The second-order valence-corrected chi connectivity index (χ2v) is 4.08. The van der Waals surface area contributed by atoms with Gasteiger partial charge in [-0.05, 0) is 0 Å². The van der Waals surface area contributed by atoms with Crippen molar-refractivity contribution in [3.8, 4) is 0 Å². The number of aryl methyl sites for hydroxylation is 1. The molecule has 0 aromatic carbocycles. The molecule has 0 saturated heterocycles. The van der Waals surface area contributed by atoms with Crippen LogP contribution in [0.5, 0.6) is 0 Å². The van der Waals surface area contributed by atoms with Gasteiger partial charge >= 0.3 is 0 Å². The number of hydrogen-bond donors (Lipinski definition) is 1. The van der Waals surface area contributed by atoms with Crippen LogP contribution in [0.3, 0.4) is 0 Å². The Kier molecular flexibility index (Phi) is 5.72. The molecular formula is C11H18Cl2N4. The lowest BCUT2D eigenvalue weighted by atomic mass is 10.1. The number of aromatic amines is 1. The van der Waals surface area contributed by atoms with Gasteiger partial charge in [-0.1, -0.05) is 6.92 Å². The quantitative estimate of drug-likeness (QED) is 0.543. The summed E-state index contributed by atoms with van der Waals surface area (Å²) in [7, 11) is 2.04. The predicted molar refractivity (Wildman–Crippen MR) is 55.9 cm³/mol. The third-order valence-corrected chi connectivity index (χ3v) is 3.10. The third-order valence-electron chi connectivity index (χ3n) is 3.10. The first-order chi connectivity index (χ1) is 7.16. The number of aromatic nitrogens is 4. The fraction of sp³-hybridized carbons (Fsp3) is 0.455. The van der Waals surface area contributed by atoms with Gasteiger partial charge in [-0.25, -0.2) is 4.57 Å². The standard InChI is InChI=1S/C11H17N4.2ClH/c1-4-11(2,14-6-5-12-9-14)15-8-7-13(3)10-15;;/h5-10H,4H2,1-3H3;2*1H/q+1;;/p-1. The molecule has 1 atom stereocenters. The molecule has 1 unspecified atom stereocenters. The van der Waals surface area contributed by atoms with E-state index in [1.54, 1.807) is 0 Å². The Bertz CT molecular complexity index is 438. The average molecular weight is 277 g/mol. The van der Waals surface area contributed by atoms with Crippen LogP contribution in [0.15, 0.2) is 37.4 Å². The van der Waals surface area contributed by atoms with Crippen molar-refractivity contribution in [2.45, 2.75) is 25.9 Å². The van der Waals surface area contributed by atoms with Crippen molar-refractivity contribution in [1.82, 2.24) is 9.55 Å². The highest BCUT2D eigenvalue weighted by Gasteiger charge is 2.35. The first-order valence-corrected chi connectivity index (χ1v) is 5.25. The van der Waals surface area contributed by atoms with Crippen LogP contribution in [0.25, 0.3) is 0 Å². The first-order valence-electron chi connectivity index (χ1n) is 5.25. The van der Waals surface area contributed by atoms with E-state index in [4.69, 9.17) is 0 Å². The van der Waals surface area contributed by atoms with Crippen LogP contribution in [0.2, 0.25) is 0 Å². The van der Waals surface area contributed by atoms with E-state index in [2.05, 4.69) is 57.5 Å². The summed E-state index contributed by atoms with van der Waals surface area (Å²) in [4.78, 5) is 3.09. The molecule has 0 spiro atoms. The minimum absolute atomic E-state index is 0. The molecule has 6 heteroatoms. The molecule has 0 amide bonds. The Morgan fingerprint density at radius 1 is 1.29 bits per heavy atom. The third kappa shape index (κ3) is 2.82. The van der Waals surface area contributed by atoms with E-state index < -0.39 is 0 Å². The summed E-state index contributed by atoms with van der Waals surface area (Å²) < 4.78 is 6.47. The maximum Gasteiger partial charge on any atom is 0.249 e. The van der Waals surface area contributed by atoms with Gasteiger partial charge in [0.15, 0.2) is 0 Å². The largest absolute Gasteiger partial charge is 1.00 e. The summed E-state index contributed by atoms with van der Waals surface area (Å²) in [6.45, 7) is 4.42. The SMILES string of the molecule is CCC(C)(n1cc[n+](C)c1)[n+]1cc[nH]c1.[Cl-].[Cl-]. The van der Waals surface area contributed by atoms with E-state index in [1.165, 1.54) is 0 Å². The highest BCUT2D eigenvalue weighted by molar-refractivity contribution is 4.78. The summed E-state index contributed by atoms with van der Waals surface area (Å²) in [5.74, 6) is 0. The number of nitrogens with one attached hydrogen (secondary N) is 1. The Morgan fingerprint density at radius 3 is 2.41 bits per heavy atom. The maximum atomic E-state index is 3.09. The summed E-state index contributed by atoms with van der Waals surface area (Å²) in [6.07, 6.45) is 13.3. The number of nitrogens with zero attached hydrogens (tertiary/aromatic N) is 3. The highest BCUT2D eigenvalue weighted by atomic mass is 35.5. The zero-order valence-electron chi connectivity index (χ0n) is 10.3. The van der Waals surface area contributed by atoms with Gasteiger partial charge in [0.05, 0.1) is 7.05 Å². The molecular weight excluding hydrogens is 259 g/mol. The minimum Gasteiger partial charge on any atom is -1.00 e. The fourth-order valence-electron chi connectivity index (χ4n) is 1.82. The van der Waals surface area contributed by atoms with E-state index in [1.807, 2.05) is 19.6 Å². The van der Waals surface area contributed by atoms with Crippen molar-refractivity contribution >= 4 is 0 Å². The van der Waals surface area contributed by atoms with Crippen LogP contribution in [-0.4, -0.2) is 9.55 Å². The molecule has 0 radical (unpaired) electrons. The van der Waals surface area contributed by atoms with E-state index >= 15 is 0 Å². The second-order valence-electron chi connectivity index (χ2n) is 4.08. The second kappa shape index (κ2) is 6.07. The van der Waals surface area contributed by atoms with Gasteiger partial charge in [-0.2, -0.15) is 9.13 Å². The first kappa shape index (κ1) is 16.0. The molecule has 0 bridgehead atoms. The monoisotopic (exact) mass is 276 g/mol. The van der Waals surface area contributed by atoms with Crippen LogP contribution in [-0.2, 0) is 12.7 Å². The van der Waals surface area contributed by atoms with Crippen molar-refractivity contribution in [3.63, 3.8) is 0 Å². The number of halogens is 2. The van der Waals surface area contributed by atoms with Gasteiger partial charge in [0, 0.05) is 13.3 Å². The van der Waals surface area contributed by atoms with E-state index in [0.717, 1.165) is 6.42 Å². The number of imidazole rings is 2. The van der Waals surface area contributed by atoms with Crippen LogP contribution in [0.4, 0.5) is 0 Å². The molecule has 1 N–H and O–H groups in total. The lowest BCUT2D eigenvalue weighted by Crippen LogP contribution is -3.00.